The Hall–Kier alpha value is 0.109. The first-order chi connectivity index (χ1) is 6.00. The van der Waals surface area contributed by atoms with E-state index in [9.17, 15) is 0 Å². The summed E-state index contributed by atoms with van der Waals surface area (Å²) in [5, 5.41) is 0. The van der Waals surface area contributed by atoms with Gasteiger partial charge < -0.3 is 0 Å². The van der Waals surface area contributed by atoms with Gasteiger partial charge in [0.05, 0.1) is 0 Å². The number of thioether (sulfide) groups is 1. The molecule has 1 rings (SSSR count). The minimum atomic E-state index is -1.87. The molecular weight excluding hydrogens is 283 g/mol. The van der Waals surface area contributed by atoms with Crippen LogP contribution in [0.4, 0.5) is 0 Å². The summed E-state index contributed by atoms with van der Waals surface area (Å²) in [5.74, 6) is 0. The Morgan fingerprint density at radius 1 is 1.15 bits per heavy atom. The molecule has 0 N–H and O–H groups in total. The fourth-order valence-electron chi connectivity index (χ4n) is 0.784. The topological polar surface area (TPSA) is 0 Å². The molecule has 70 valence electrons. The summed E-state index contributed by atoms with van der Waals surface area (Å²) in [6, 6.07) is 10.5. The first-order valence-electron chi connectivity index (χ1n) is 4.42. The van der Waals surface area contributed by atoms with Gasteiger partial charge >= 0.3 is 89.7 Å². The van der Waals surface area contributed by atoms with Crippen LogP contribution in [0.3, 0.4) is 0 Å². The molecule has 0 amide bonds. The van der Waals surface area contributed by atoms with E-state index in [0.29, 0.717) is 0 Å². The van der Waals surface area contributed by atoms with Crippen LogP contribution in [0.15, 0.2) is 44.7 Å². The van der Waals surface area contributed by atoms with Gasteiger partial charge in [0.2, 0.25) is 0 Å². The first-order valence-corrected chi connectivity index (χ1v) is 15.2. The van der Waals surface area contributed by atoms with Gasteiger partial charge in [0.15, 0.2) is 0 Å². The Morgan fingerprint density at radius 3 is 2.15 bits per heavy atom. The van der Waals surface area contributed by atoms with E-state index < -0.39 is 18.4 Å². The average molecular weight is 299 g/mol. The van der Waals surface area contributed by atoms with Crippen LogP contribution < -0.4 is 0 Å². The van der Waals surface area contributed by atoms with Gasteiger partial charge in [-0.25, -0.2) is 0 Å². The second-order valence-electron chi connectivity index (χ2n) is 4.09. The molecular formula is C11H16SSn. The Balaban J connectivity index is 2.66. The van der Waals surface area contributed by atoms with Gasteiger partial charge in [-0.1, -0.05) is 0 Å². The van der Waals surface area contributed by atoms with Gasteiger partial charge in [-0.05, 0) is 0 Å². The van der Waals surface area contributed by atoms with Crippen LogP contribution in [-0.4, -0.2) is 18.4 Å². The van der Waals surface area contributed by atoms with E-state index in [1.54, 1.807) is 0 Å². The predicted octanol–water partition coefficient (Wildman–Crippen LogP) is 4.17. The van der Waals surface area contributed by atoms with E-state index >= 15 is 0 Å². The molecule has 0 saturated carbocycles. The molecule has 0 heterocycles. The molecule has 0 aliphatic carbocycles. The fourth-order valence-corrected chi connectivity index (χ4v) is 5.30. The number of rotatable bonds is 3. The van der Waals surface area contributed by atoms with Crippen LogP contribution in [0.1, 0.15) is 0 Å². The molecule has 0 nitrogen and oxygen atoms in total. The number of benzene rings is 1. The molecule has 0 atom stereocenters. The van der Waals surface area contributed by atoms with E-state index in [2.05, 4.69) is 45.7 Å². The van der Waals surface area contributed by atoms with Crippen molar-refractivity contribution in [3.8, 4) is 0 Å². The van der Waals surface area contributed by atoms with E-state index in [4.69, 9.17) is 0 Å². The Morgan fingerprint density at radius 2 is 1.69 bits per heavy atom. The molecule has 0 aliphatic rings. The summed E-state index contributed by atoms with van der Waals surface area (Å²) in [6.45, 7) is 4.18. The van der Waals surface area contributed by atoms with E-state index in [-0.39, 0.29) is 0 Å². The molecule has 1 aromatic carbocycles. The molecule has 2 heteroatoms. The van der Waals surface area contributed by atoms with Crippen molar-refractivity contribution in [1.82, 2.24) is 0 Å². The maximum atomic E-state index is 4.18. The van der Waals surface area contributed by atoms with Gasteiger partial charge in [0.1, 0.15) is 0 Å². The SMILES string of the molecule is C=[C](Sc1ccccc1)[Sn]([CH3])([CH3])[CH3]. The molecule has 0 aromatic heterocycles. The Kier molecular flexibility index (Phi) is 3.92. The summed E-state index contributed by atoms with van der Waals surface area (Å²) in [4.78, 5) is 8.51. The van der Waals surface area contributed by atoms with Crippen molar-refractivity contribution >= 4 is 30.1 Å². The molecule has 0 unspecified atom stereocenters. The molecule has 0 saturated heterocycles. The summed E-state index contributed by atoms with van der Waals surface area (Å²) in [6.07, 6.45) is 0. The van der Waals surface area contributed by atoms with Gasteiger partial charge in [-0.15, -0.1) is 0 Å². The molecule has 1 aromatic rings. The number of hydrogen-bond donors (Lipinski definition) is 0. The quantitative estimate of drug-likeness (QED) is 0.596. The van der Waals surface area contributed by atoms with Crippen LogP contribution in [-0.2, 0) is 0 Å². The maximum absolute atomic E-state index is 4.18. The summed E-state index contributed by atoms with van der Waals surface area (Å²) >= 11 is -0.0197. The van der Waals surface area contributed by atoms with E-state index in [1.165, 1.54) is 7.82 Å². The standard InChI is InChI=1S/C8H7S.3CH3.Sn/c1-2-9-8-6-4-3-5-7-8;;;;/h3-7H,1H2;3*1H3;. The molecule has 0 aliphatic heterocycles. The summed E-state index contributed by atoms with van der Waals surface area (Å²) in [5.41, 5.74) is 0. The first kappa shape index (κ1) is 11.2. The second kappa shape index (κ2) is 4.56. The van der Waals surface area contributed by atoms with Crippen LogP contribution in [0.5, 0.6) is 0 Å². The van der Waals surface area contributed by atoms with Gasteiger partial charge in [0, 0.05) is 0 Å². The van der Waals surface area contributed by atoms with Crippen molar-refractivity contribution in [2.75, 3.05) is 0 Å². The van der Waals surface area contributed by atoms with Crippen molar-refractivity contribution in [2.45, 2.75) is 19.7 Å². The van der Waals surface area contributed by atoms with Crippen LogP contribution in [0.2, 0.25) is 14.8 Å². The average Bonchev–Trinajstić information content (AvgIpc) is 2.04. The van der Waals surface area contributed by atoms with Crippen LogP contribution >= 0.6 is 11.8 Å². The van der Waals surface area contributed by atoms with E-state index in [1.807, 2.05) is 17.8 Å². The van der Waals surface area contributed by atoms with Crippen molar-refractivity contribution in [3.05, 3.63) is 39.8 Å². The van der Waals surface area contributed by atoms with Gasteiger partial charge in [-0.2, -0.15) is 0 Å². The van der Waals surface area contributed by atoms with Gasteiger partial charge in [-0.3, -0.25) is 0 Å². The monoisotopic (exact) mass is 300 g/mol. The molecule has 0 radical (unpaired) electrons. The zero-order chi connectivity index (χ0) is 9.90. The predicted molar refractivity (Wildman–Crippen MR) is 64.8 cm³/mol. The van der Waals surface area contributed by atoms with Gasteiger partial charge in [0.25, 0.3) is 0 Å². The van der Waals surface area contributed by atoms with Crippen LogP contribution in [0, 0.1) is 0 Å². The third-order valence-electron chi connectivity index (χ3n) is 1.82. The van der Waals surface area contributed by atoms with Crippen molar-refractivity contribution in [2.24, 2.45) is 0 Å². The summed E-state index contributed by atoms with van der Waals surface area (Å²) in [7, 11) is 0. The van der Waals surface area contributed by atoms with Crippen molar-refractivity contribution in [1.29, 1.82) is 0 Å². The third-order valence-corrected chi connectivity index (χ3v) is 12.3. The normalized spacial score (nSPS) is 11.3. The Labute approximate surface area is 89.3 Å². The molecule has 0 fully saturated rings. The minimum absolute atomic E-state index is 1.32. The second-order valence-corrected chi connectivity index (χ2v) is 20.9. The van der Waals surface area contributed by atoms with Crippen LogP contribution in [0.25, 0.3) is 0 Å². The van der Waals surface area contributed by atoms with Crippen molar-refractivity contribution in [3.63, 3.8) is 0 Å². The third kappa shape index (κ3) is 3.77. The number of hydrogen-bond acceptors (Lipinski definition) is 1. The van der Waals surface area contributed by atoms with E-state index in [0.717, 1.165) is 0 Å². The van der Waals surface area contributed by atoms with Crippen molar-refractivity contribution < 1.29 is 0 Å². The zero-order valence-corrected chi connectivity index (χ0v) is 12.2. The summed E-state index contributed by atoms with van der Waals surface area (Å²) < 4.78 is 1.42. The molecule has 13 heavy (non-hydrogen) atoms. The fraction of sp³-hybridized carbons (Fsp3) is 0.273. The molecule has 0 bridgehead atoms. The molecule has 0 spiro atoms. The zero-order valence-electron chi connectivity index (χ0n) is 8.50. The Bertz CT molecular complexity index is 285.